The number of fused-ring (bicyclic) bond motifs is 1. The summed E-state index contributed by atoms with van der Waals surface area (Å²) >= 11 is 1.51. The molecule has 0 aliphatic carbocycles. The molecule has 4 heteroatoms. The first-order valence-corrected chi connectivity index (χ1v) is 5.34. The second kappa shape index (κ2) is 3.94. The number of hydrogen-bond acceptors (Lipinski definition) is 4. The lowest BCUT2D eigenvalue weighted by Crippen LogP contribution is -1.90. The zero-order valence-corrected chi connectivity index (χ0v) is 8.80. The highest BCUT2D eigenvalue weighted by atomic mass is 32.1. The van der Waals surface area contributed by atoms with Crippen molar-refractivity contribution in [3.63, 3.8) is 0 Å². The van der Waals surface area contributed by atoms with Crippen molar-refractivity contribution in [2.45, 2.75) is 13.5 Å². The molecule has 0 radical (unpaired) electrons. The zero-order chi connectivity index (χ0) is 9.97. The number of anilines is 1. The minimum atomic E-state index is 0.619. The van der Waals surface area contributed by atoms with E-state index in [1.54, 1.807) is 0 Å². The molecule has 2 rings (SSSR count). The number of benzene rings is 1. The molecule has 3 nitrogen and oxygen atoms in total. The fourth-order valence-electron chi connectivity index (χ4n) is 1.30. The van der Waals surface area contributed by atoms with E-state index < -0.39 is 0 Å². The Morgan fingerprint density at radius 1 is 1.50 bits per heavy atom. The third-order valence-corrected chi connectivity index (χ3v) is 2.79. The molecule has 0 fully saturated rings. The smallest absolute Gasteiger partial charge is 0.181 e. The van der Waals surface area contributed by atoms with Crippen molar-refractivity contribution >= 4 is 26.7 Å². The summed E-state index contributed by atoms with van der Waals surface area (Å²) in [7, 11) is 0. The summed E-state index contributed by atoms with van der Waals surface area (Å²) in [6.07, 6.45) is 0. The molecule has 0 atom stereocenters. The van der Waals surface area contributed by atoms with E-state index in [1.165, 1.54) is 16.9 Å². The molecule has 0 aliphatic heterocycles. The number of thiazole rings is 1. The van der Waals surface area contributed by atoms with Gasteiger partial charge in [-0.05, 0) is 24.6 Å². The molecule has 2 aromatic rings. The Kier molecular flexibility index (Phi) is 2.65. The predicted molar refractivity (Wildman–Crippen MR) is 59.4 cm³/mol. The Labute approximate surface area is 86.5 Å². The van der Waals surface area contributed by atoms with Gasteiger partial charge in [-0.25, -0.2) is 4.98 Å². The van der Waals surface area contributed by atoms with E-state index in [4.69, 9.17) is 10.5 Å². The van der Waals surface area contributed by atoms with E-state index in [-0.39, 0.29) is 0 Å². The van der Waals surface area contributed by atoms with Gasteiger partial charge in [0.15, 0.2) is 5.13 Å². The van der Waals surface area contributed by atoms with E-state index in [0.717, 1.165) is 16.8 Å². The fourth-order valence-corrected chi connectivity index (χ4v) is 2.09. The van der Waals surface area contributed by atoms with E-state index in [9.17, 15) is 0 Å². The van der Waals surface area contributed by atoms with Gasteiger partial charge in [-0.3, -0.25) is 0 Å². The van der Waals surface area contributed by atoms with Gasteiger partial charge < -0.3 is 10.5 Å². The topological polar surface area (TPSA) is 48.1 Å². The van der Waals surface area contributed by atoms with Gasteiger partial charge in [0.05, 0.1) is 16.8 Å². The highest BCUT2D eigenvalue weighted by Crippen LogP contribution is 2.24. The molecule has 0 amide bonds. The van der Waals surface area contributed by atoms with Crippen LogP contribution in [0.3, 0.4) is 0 Å². The van der Waals surface area contributed by atoms with Crippen molar-refractivity contribution in [1.29, 1.82) is 0 Å². The molecule has 1 heterocycles. The molecule has 0 saturated heterocycles. The lowest BCUT2D eigenvalue weighted by atomic mass is 10.2. The molecule has 2 N–H and O–H groups in total. The maximum Gasteiger partial charge on any atom is 0.181 e. The average molecular weight is 208 g/mol. The van der Waals surface area contributed by atoms with Crippen LogP contribution in [0, 0.1) is 0 Å². The molecule has 0 unspecified atom stereocenters. The van der Waals surface area contributed by atoms with Crippen LogP contribution in [0.15, 0.2) is 18.2 Å². The van der Waals surface area contributed by atoms with Crippen molar-refractivity contribution in [3.8, 4) is 0 Å². The monoisotopic (exact) mass is 208 g/mol. The van der Waals surface area contributed by atoms with E-state index in [0.29, 0.717) is 11.7 Å². The van der Waals surface area contributed by atoms with Crippen LogP contribution in [0.25, 0.3) is 10.2 Å². The van der Waals surface area contributed by atoms with Gasteiger partial charge in [0.2, 0.25) is 0 Å². The molecular formula is C10H12N2OS. The number of nitrogen functional groups attached to an aromatic ring is 1. The average Bonchev–Trinajstić information content (AvgIpc) is 2.54. The quantitative estimate of drug-likeness (QED) is 0.842. The summed E-state index contributed by atoms with van der Waals surface area (Å²) in [6, 6.07) is 6.09. The first-order valence-electron chi connectivity index (χ1n) is 4.52. The van der Waals surface area contributed by atoms with Gasteiger partial charge in [-0.1, -0.05) is 17.4 Å². The van der Waals surface area contributed by atoms with E-state index in [2.05, 4.69) is 11.1 Å². The minimum absolute atomic E-state index is 0.619. The summed E-state index contributed by atoms with van der Waals surface area (Å²) in [5.74, 6) is 0. The second-order valence-electron chi connectivity index (χ2n) is 2.99. The molecule has 1 aromatic carbocycles. The van der Waals surface area contributed by atoms with Gasteiger partial charge in [-0.15, -0.1) is 0 Å². The predicted octanol–water partition coefficient (Wildman–Crippen LogP) is 2.42. The fraction of sp³-hybridized carbons (Fsp3) is 0.300. The number of aromatic nitrogens is 1. The minimum Gasteiger partial charge on any atom is -0.377 e. The number of ether oxygens (including phenoxy) is 1. The largest absolute Gasteiger partial charge is 0.377 e. The first kappa shape index (κ1) is 9.43. The van der Waals surface area contributed by atoms with Crippen LogP contribution in [-0.2, 0) is 11.3 Å². The highest BCUT2D eigenvalue weighted by Gasteiger charge is 2.01. The molecule has 1 aromatic heterocycles. The molecule has 14 heavy (non-hydrogen) atoms. The lowest BCUT2D eigenvalue weighted by molar-refractivity contribution is 0.134. The normalized spacial score (nSPS) is 10.9. The van der Waals surface area contributed by atoms with Crippen LogP contribution >= 0.6 is 11.3 Å². The summed E-state index contributed by atoms with van der Waals surface area (Å²) in [4.78, 5) is 4.19. The number of hydrogen-bond donors (Lipinski definition) is 1. The standard InChI is InChI=1S/C10H12N2OS/c1-2-13-6-7-3-4-8-9(5-7)14-10(11)12-8/h3-5H,2,6H2,1H3,(H2,11,12). The summed E-state index contributed by atoms with van der Waals surface area (Å²) in [6.45, 7) is 3.39. The van der Waals surface area contributed by atoms with Crippen molar-refractivity contribution in [1.82, 2.24) is 4.98 Å². The van der Waals surface area contributed by atoms with E-state index >= 15 is 0 Å². The number of rotatable bonds is 3. The van der Waals surface area contributed by atoms with Crippen LogP contribution in [0.4, 0.5) is 5.13 Å². The highest BCUT2D eigenvalue weighted by molar-refractivity contribution is 7.22. The molecule has 74 valence electrons. The van der Waals surface area contributed by atoms with Gasteiger partial charge in [0.25, 0.3) is 0 Å². The van der Waals surface area contributed by atoms with Crippen LogP contribution in [-0.4, -0.2) is 11.6 Å². The Morgan fingerprint density at radius 2 is 2.36 bits per heavy atom. The van der Waals surface area contributed by atoms with E-state index in [1.807, 2.05) is 19.1 Å². The summed E-state index contributed by atoms with van der Waals surface area (Å²) in [5.41, 5.74) is 7.75. The van der Waals surface area contributed by atoms with Crippen molar-refractivity contribution in [2.24, 2.45) is 0 Å². The summed E-state index contributed by atoms with van der Waals surface area (Å²) in [5, 5.41) is 0.619. The Balaban J connectivity index is 2.31. The molecule has 0 spiro atoms. The third-order valence-electron chi connectivity index (χ3n) is 1.94. The number of nitrogens with two attached hydrogens (primary N) is 1. The molecule has 0 saturated carbocycles. The van der Waals surface area contributed by atoms with Gasteiger partial charge >= 0.3 is 0 Å². The zero-order valence-electron chi connectivity index (χ0n) is 7.99. The first-order chi connectivity index (χ1) is 6.79. The maximum absolute atomic E-state index is 5.62. The Hall–Kier alpha value is -1.13. The van der Waals surface area contributed by atoms with Gasteiger partial charge in [-0.2, -0.15) is 0 Å². The summed E-state index contributed by atoms with van der Waals surface area (Å²) < 4.78 is 6.45. The third kappa shape index (κ3) is 1.86. The Bertz CT molecular complexity index is 439. The second-order valence-corrected chi connectivity index (χ2v) is 4.05. The maximum atomic E-state index is 5.62. The molecule has 0 bridgehead atoms. The van der Waals surface area contributed by atoms with Gasteiger partial charge in [0, 0.05) is 6.61 Å². The van der Waals surface area contributed by atoms with Crippen LogP contribution < -0.4 is 5.73 Å². The molecule has 0 aliphatic rings. The van der Waals surface area contributed by atoms with Crippen molar-refractivity contribution in [3.05, 3.63) is 23.8 Å². The lowest BCUT2D eigenvalue weighted by Gasteiger charge is -2.00. The Morgan fingerprint density at radius 3 is 3.14 bits per heavy atom. The number of nitrogens with zero attached hydrogens (tertiary/aromatic N) is 1. The van der Waals surface area contributed by atoms with Crippen LogP contribution in [0.5, 0.6) is 0 Å². The van der Waals surface area contributed by atoms with Crippen LogP contribution in [0.2, 0.25) is 0 Å². The van der Waals surface area contributed by atoms with Crippen LogP contribution in [0.1, 0.15) is 12.5 Å². The van der Waals surface area contributed by atoms with Crippen molar-refractivity contribution < 1.29 is 4.74 Å². The molecular weight excluding hydrogens is 196 g/mol. The SMILES string of the molecule is CCOCc1ccc2nc(N)sc2c1. The van der Waals surface area contributed by atoms with Crippen molar-refractivity contribution in [2.75, 3.05) is 12.3 Å². The van der Waals surface area contributed by atoms with Gasteiger partial charge in [0.1, 0.15) is 0 Å².